The summed E-state index contributed by atoms with van der Waals surface area (Å²) in [6.07, 6.45) is 2.40. The molecule has 0 radical (unpaired) electrons. The molecule has 2 fully saturated rings. The van der Waals surface area contributed by atoms with Gasteiger partial charge in [-0.2, -0.15) is 0 Å². The number of piperazine rings is 1. The van der Waals surface area contributed by atoms with E-state index in [-0.39, 0.29) is 18.4 Å². The number of anilines is 1. The largest absolute Gasteiger partial charge is 0.468 e. The molecule has 9 nitrogen and oxygen atoms in total. The van der Waals surface area contributed by atoms with Crippen LogP contribution in [-0.2, 0) is 14.3 Å². The van der Waals surface area contributed by atoms with Crippen LogP contribution < -0.4 is 15.5 Å². The third-order valence-corrected chi connectivity index (χ3v) is 6.52. The molecule has 0 saturated carbocycles. The van der Waals surface area contributed by atoms with Gasteiger partial charge >= 0.3 is 11.8 Å². The fourth-order valence-corrected chi connectivity index (χ4v) is 4.51. The highest BCUT2D eigenvalue weighted by molar-refractivity contribution is 6.35. The average Bonchev–Trinajstić information content (AvgIpc) is 3.43. The van der Waals surface area contributed by atoms with Gasteiger partial charge in [-0.1, -0.05) is 0 Å². The van der Waals surface area contributed by atoms with Gasteiger partial charge in [0.15, 0.2) is 0 Å². The van der Waals surface area contributed by atoms with Crippen molar-refractivity contribution >= 4 is 17.5 Å². The number of carbonyl (C=O) groups excluding carboxylic acids is 2. The van der Waals surface area contributed by atoms with Gasteiger partial charge in [0.1, 0.15) is 11.6 Å². The summed E-state index contributed by atoms with van der Waals surface area (Å²) in [7, 11) is 0. The SMILES string of the molecule is O=C(NCCCN1CCOCC1)C(=O)NC[C@H](c1ccco1)N1CCN(c2ccc(F)cc2)CC1. The number of morpholine rings is 1. The summed E-state index contributed by atoms with van der Waals surface area (Å²) in [6.45, 7) is 7.90. The minimum Gasteiger partial charge on any atom is -0.468 e. The Morgan fingerprint density at radius 2 is 1.66 bits per heavy atom. The first-order chi connectivity index (χ1) is 17.1. The molecule has 35 heavy (non-hydrogen) atoms. The Hall–Kier alpha value is -2.95. The van der Waals surface area contributed by atoms with Crippen molar-refractivity contribution in [2.24, 2.45) is 0 Å². The van der Waals surface area contributed by atoms with Gasteiger partial charge in [0.2, 0.25) is 0 Å². The smallest absolute Gasteiger partial charge is 0.309 e. The van der Waals surface area contributed by atoms with Gasteiger partial charge < -0.3 is 24.7 Å². The minimum absolute atomic E-state index is 0.182. The fraction of sp³-hybridized carbons (Fsp3) is 0.520. The number of ether oxygens (including phenoxy) is 1. The number of amides is 2. The van der Waals surface area contributed by atoms with Crippen LogP contribution in [0.25, 0.3) is 0 Å². The average molecular weight is 488 g/mol. The van der Waals surface area contributed by atoms with Gasteiger partial charge in [-0.15, -0.1) is 0 Å². The highest BCUT2D eigenvalue weighted by atomic mass is 19.1. The van der Waals surface area contributed by atoms with E-state index in [1.165, 1.54) is 12.1 Å². The van der Waals surface area contributed by atoms with E-state index in [0.717, 1.165) is 76.9 Å². The normalized spacial score (nSPS) is 18.3. The van der Waals surface area contributed by atoms with E-state index < -0.39 is 11.8 Å². The highest BCUT2D eigenvalue weighted by Crippen LogP contribution is 2.24. The number of hydrogen-bond donors (Lipinski definition) is 2. The van der Waals surface area contributed by atoms with Crippen molar-refractivity contribution in [3.8, 4) is 0 Å². The number of rotatable bonds is 9. The van der Waals surface area contributed by atoms with Crippen molar-refractivity contribution in [3.05, 3.63) is 54.2 Å². The summed E-state index contributed by atoms with van der Waals surface area (Å²) in [6, 6.07) is 10.0. The lowest BCUT2D eigenvalue weighted by molar-refractivity contribution is -0.139. The molecule has 2 amide bonds. The predicted molar refractivity (Wildman–Crippen MR) is 130 cm³/mol. The van der Waals surface area contributed by atoms with Crippen LogP contribution in [-0.4, -0.2) is 93.7 Å². The van der Waals surface area contributed by atoms with Crippen LogP contribution in [0.15, 0.2) is 47.1 Å². The molecule has 190 valence electrons. The van der Waals surface area contributed by atoms with E-state index in [0.29, 0.717) is 6.54 Å². The van der Waals surface area contributed by atoms with E-state index in [4.69, 9.17) is 9.15 Å². The first kappa shape index (κ1) is 25.2. The molecule has 0 unspecified atom stereocenters. The van der Waals surface area contributed by atoms with Crippen molar-refractivity contribution in [1.29, 1.82) is 0 Å². The molecule has 0 aliphatic carbocycles. The van der Waals surface area contributed by atoms with E-state index in [2.05, 4.69) is 25.3 Å². The van der Waals surface area contributed by atoms with Crippen LogP contribution >= 0.6 is 0 Å². The molecule has 2 aliphatic rings. The quantitative estimate of drug-likeness (QED) is 0.406. The zero-order valence-electron chi connectivity index (χ0n) is 20.0. The first-order valence-corrected chi connectivity index (χ1v) is 12.2. The van der Waals surface area contributed by atoms with Crippen LogP contribution in [0.5, 0.6) is 0 Å². The maximum absolute atomic E-state index is 13.2. The third kappa shape index (κ3) is 7.27. The van der Waals surface area contributed by atoms with Crippen LogP contribution in [0, 0.1) is 5.82 Å². The maximum atomic E-state index is 13.2. The standard InChI is InChI=1S/C25H34FN5O4/c26-20-4-6-21(7-5-20)30-10-12-31(13-11-30)22(23-3-1-16-35-23)19-28-25(33)24(32)27-8-2-9-29-14-17-34-18-15-29/h1,3-7,16,22H,2,8-15,17-19H2,(H,27,32)(H,28,33)/t22-/m1/s1. The molecule has 4 rings (SSSR count). The zero-order chi connectivity index (χ0) is 24.5. The monoisotopic (exact) mass is 487 g/mol. The number of carbonyl (C=O) groups is 2. The Labute approximate surface area is 205 Å². The van der Waals surface area contributed by atoms with E-state index in [1.54, 1.807) is 18.4 Å². The summed E-state index contributed by atoms with van der Waals surface area (Å²) in [4.78, 5) is 31.4. The van der Waals surface area contributed by atoms with Crippen molar-refractivity contribution in [2.45, 2.75) is 12.5 Å². The summed E-state index contributed by atoms with van der Waals surface area (Å²) in [5, 5.41) is 5.48. The van der Waals surface area contributed by atoms with Crippen molar-refractivity contribution in [1.82, 2.24) is 20.4 Å². The second kappa shape index (κ2) is 12.7. The molecule has 2 saturated heterocycles. The van der Waals surface area contributed by atoms with Crippen LogP contribution in [0.2, 0.25) is 0 Å². The van der Waals surface area contributed by atoms with Gasteiger partial charge in [0, 0.05) is 58.0 Å². The van der Waals surface area contributed by atoms with Crippen LogP contribution in [0.1, 0.15) is 18.2 Å². The van der Waals surface area contributed by atoms with E-state index in [1.807, 2.05) is 12.1 Å². The summed E-state index contributed by atoms with van der Waals surface area (Å²) < 4.78 is 24.2. The number of nitrogens with zero attached hydrogens (tertiary/aromatic N) is 3. The molecule has 0 spiro atoms. The molecule has 10 heteroatoms. The van der Waals surface area contributed by atoms with Crippen molar-refractivity contribution < 1.29 is 23.1 Å². The second-order valence-corrected chi connectivity index (χ2v) is 8.80. The lowest BCUT2D eigenvalue weighted by atomic mass is 10.1. The molecule has 2 N–H and O–H groups in total. The summed E-state index contributed by atoms with van der Waals surface area (Å²) in [5.74, 6) is -0.766. The van der Waals surface area contributed by atoms with Gasteiger partial charge in [-0.25, -0.2) is 4.39 Å². The first-order valence-electron chi connectivity index (χ1n) is 12.2. The number of benzene rings is 1. The van der Waals surface area contributed by atoms with Gasteiger partial charge in [0.25, 0.3) is 0 Å². The molecule has 1 aromatic carbocycles. The molecular weight excluding hydrogens is 453 g/mol. The van der Waals surface area contributed by atoms with Gasteiger partial charge in [0.05, 0.1) is 25.5 Å². The van der Waals surface area contributed by atoms with Crippen molar-refractivity contribution in [2.75, 3.05) is 77.0 Å². The lowest BCUT2D eigenvalue weighted by Crippen LogP contribution is -2.50. The Morgan fingerprint density at radius 3 is 2.34 bits per heavy atom. The zero-order valence-corrected chi connectivity index (χ0v) is 20.0. The number of hydrogen-bond acceptors (Lipinski definition) is 7. The number of nitrogens with one attached hydrogen (secondary N) is 2. The Kier molecular flexibility index (Phi) is 9.10. The molecule has 2 aliphatic heterocycles. The maximum Gasteiger partial charge on any atom is 0.309 e. The molecule has 0 bridgehead atoms. The van der Waals surface area contributed by atoms with E-state index >= 15 is 0 Å². The molecule has 3 heterocycles. The summed E-state index contributed by atoms with van der Waals surface area (Å²) >= 11 is 0. The summed E-state index contributed by atoms with van der Waals surface area (Å²) in [5.41, 5.74) is 0.985. The Bertz CT molecular complexity index is 926. The molecule has 1 atom stereocenters. The molecule has 1 aromatic heterocycles. The number of furan rings is 1. The third-order valence-electron chi connectivity index (χ3n) is 6.52. The molecular formula is C25H34FN5O4. The van der Waals surface area contributed by atoms with Crippen LogP contribution in [0.4, 0.5) is 10.1 Å². The minimum atomic E-state index is -0.641. The number of halogens is 1. The van der Waals surface area contributed by atoms with Gasteiger partial charge in [-0.05, 0) is 49.4 Å². The van der Waals surface area contributed by atoms with Crippen LogP contribution in [0.3, 0.4) is 0 Å². The van der Waals surface area contributed by atoms with E-state index in [9.17, 15) is 14.0 Å². The Balaban J connectivity index is 1.23. The van der Waals surface area contributed by atoms with Crippen molar-refractivity contribution in [3.63, 3.8) is 0 Å². The fourth-order valence-electron chi connectivity index (χ4n) is 4.51. The topological polar surface area (TPSA) is 90.3 Å². The highest BCUT2D eigenvalue weighted by Gasteiger charge is 2.28. The predicted octanol–water partition coefficient (Wildman–Crippen LogP) is 1.24. The second-order valence-electron chi connectivity index (χ2n) is 8.80. The Morgan fingerprint density at radius 1 is 0.943 bits per heavy atom. The van der Waals surface area contributed by atoms with Gasteiger partial charge in [-0.3, -0.25) is 19.4 Å². The lowest BCUT2D eigenvalue weighted by Gasteiger charge is -2.39. The molecule has 2 aromatic rings.